The number of nitrogens with one attached hydrogen (secondary N) is 1. The van der Waals surface area contributed by atoms with Crippen molar-refractivity contribution in [2.75, 3.05) is 7.11 Å². The van der Waals surface area contributed by atoms with Gasteiger partial charge in [-0.15, -0.1) is 0 Å². The van der Waals surface area contributed by atoms with E-state index in [1.54, 1.807) is 38.3 Å². The molecule has 4 rings (SSSR count). The number of ether oxygens (including phenoxy) is 1. The molecule has 0 spiro atoms. The minimum absolute atomic E-state index is 0.115. The molecular weight excluding hydrogens is 477 g/mol. The van der Waals surface area contributed by atoms with Crippen LogP contribution < -0.4 is 15.6 Å². The second kappa shape index (κ2) is 10.3. The Hall–Kier alpha value is -3.36. The molecule has 34 heavy (non-hydrogen) atoms. The number of para-hydroxylation sites is 2. The normalized spacial score (nSPS) is 11.9. The third kappa shape index (κ3) is 4.93. The number of carbonyl (C=O) groups is 1. The lowest BCUT2D eigenvalue weighted by atomic mass is 10.2. The number of hydrogen-bond acceptors (Lipinski definition) is 5. The maximum Gasteiger partial charge on any atom is 0.266 e. The quantitative estimate of drug-likeness (QED) is 0.288. The predicted octanol–water partition coefficient (Wildman–Crippen LogP) is 4.98. The summed E-state index contributed by atoms with van der Waals surface area (Å²) in [5, 5.41) is 2.90. The number of hydrogen-bond donors (Lipinski definition) is 1. The van der Waals surface area contributed by atoms with Gasteiger partial charge < -0.3 is 10.1 Å². The number of methoxy groups -OCH3 is 1. The SMILES string of the molecule is COc1ccccc1CNC(=O)C(C)Sc1nc2ccccc2c(=O)n1-c1ccc(F)c(Cl)c1. The Kier molecular flexibility index (Phi) is 7.19. The molecule has 0 fully saturated rings. The number of carbonyl (C=O) groups excluding carboxylic acids is 1. The number of nitrogens with zero attached hydrogens (tertiary/aromatic N) is 2. The number of halogens is 2. The van der Waals surface area contributed by atoms with Crippen molar-refractivity contribution in [1.29, 1.82) is 0 Å². The zero-order valence-electron chi connectivity index (χ0n) is 18.4. The van der Waals surface area contributed by atoms with Crippen LogP contribution in [0.15, 0.2) is 76.7 Å². The van der Waals surface area contributed by atoms with Gasteiger partial charge in [0, 0.05) is 12.1 Å². The highest BCUT2D eigenvalue weighted by Gasteiger charge is 2.21. The van der Waals surface area contributed by atoms with Gasteiger partial charge in [0.05, 0.1) is 34.0 Å². The van der Waals surface area contributed by atoms with Crippen molar-refractivity contribution >= 4 is 40.2 Å². The smallest absolute Gasteiger partial charge is 0.266 e. The second-order valence-electron chi connectivity index (χ2n) is 7.44. The molecule has 3 aromatic carbocycles. The standard InChI is InChI=1S/C25H21ClFN3O3S/c1-15(23(31)28-14-16-7-3-6-10-22(16)33-2)34-25-29-21-9-5-4-8-18(21)24(32)30(25)17-11-12-20(27)19(26)13-17/h3-13,15H,14H2,1-2H3,(H,28,31). The summed E-state index contributed by atoms with van der Waals surface area (Å²) < 4.78 is 20.4. The van der Waals surface area contributed by atoms with Crippen molar-refractivity contribution in [2.45, 2.75) is 23.9 Å². The topological polar surface area (TPSA) is 73.2 Å². The van der Waals surface area contributed by atoms with Crippen LogP contribution in [0.5, 0.6) is 5.75 Å². The molecule has 1 amide bonds. The van der Waals surface area contributed by atoms with E-state index in [4.69, 9.17) is 16.3 Å². The Morgan fingerprint density at radius 3 is 2.68 bits per heavy atom. The minimum atomic E-state index is -0.592. The van der Waals surface area contributed by atoms with Gasteiger partial charge in [-0.1, -0.05) is 53.7 Å². The van der Waals surface area contributed by atoms with Gasteiger partial charge in [0.1, 0.15) is 11.6 Å². The van der Waals surface area contributed by atoms with E-state index < -0.39 is 11.1 Å². The van der Waals surface area contributed by atoms with Crippen LogP contribution in [0.2, 0.25) is 5.02 Å². The maximum atomic E-state index is 13.8. The first-order chi connectivity index (χ1) is 16.4. The molecule has 4 aromatic rings. The van der Waals surface area contributed by atoms with Gasteiger partial charge in [-0.3, -0.25) is 14.2 Å². The molecule has 0 radical (unpaired) electrons. The van der Waals surface area contributed by atoms with Gasteiger partial charge in [0.15, 0.2) is 5.16 Å². The Bertz CT molecular complexity index is 1430. The summed E-state index contributed by atoms with van der Waals surface area (Å²) in [4.78, 5) is 30.8. The van der Waals surface area contributed by atoms with Crippen LogP contribution in [-0.4, -0.2) is 27.8 Å². The van der Waals surface area contributed by atoms with E-state index in [1.165, 1.54) is 22.8 Å². The minimum Gasteiger partial charge on any atom is -0.496 e. The van der Waals surface area contributed by atoms with Crippen molar-refractivity contribution in [2.24, 2.45) is 0 Å². The Morgan fingerprint density at radius 1 is 1.18 bits per heavy atom. The zero-order valence-corrected chi connectivity index (χ0v) is 20.0. The van der Waals surface area contributed by atoms with Crippen molar-refractivity contribution in [3.05, 3.63) is 93.5 Å². The van der Waals surface area contributed by atoms with Gasteiger partial charge >= 0.3 is 0 Å². The molecule has 6 nitrogen and oxygen atoms in total. The lowest BCUT2D eigenvalue weighted by molar-refractivity contribution is -0.120. The monoisotopic (exact) mass is 497 g/mol. The Morgan fingerprint density at radius 2 is 1.91 bits per heavy atom. The van der Waals surface area contributed by atoms with Crippen LogP contribution in [0.1, 0.15) is 12.5 Å². The van der Waals surface area contributed by atoms with E-state index in [9.17, 15) is 14.0 Å². The van der Waals surface area contributed by atoms with Crippen molar-refractivity contribution in [1.82, 2.24) is 14.9 Å². The van der Waals surface area contributed by atoms with Gasteiger partial charge in [-0.25, -0.2) is 9.37 Å². The molecule has 1 N–H and O–H groups in total. The molecule has 0 aliphatic rings. The Balaban J connectivity index is 1.65. The summed E-state index contributed by atoms with van der Waals surface area (Å²) in [5.74, 6) is -0.145. The van der Waals surface area contributed by atoms with Gasteiger partial charge in [0.25, 0.3) is 5.56 Å². The summed E-state index contributed by atoms with van der Waals surface area (Å²) in [6.45, 7) is 2.02. The molecule has 174 valence electrons. The van der Waals surface area contributed by atoms with Crippen LogP contribution in [0.4, 0.5) is 4.39 Å². The lowest BCUT2D eigenvalue weighted by Crippen LogP contribution is -2.31. The molecule has 0 aliphatic heterocycles. The molecule has 1 atom stereocenters. The van der Waals surface area contributed by atoms with Crippen molar-refractivity contribution in [3.8, 4) is 11.4 Å². The highest BCUT2D eigenvalue weighted by molar-refractivity contribution is 8.00. The number of benzene rings is 3. The highest BCUT2D eigenvalue weighted by atomic mass is 35.5. The van der Waals surface area contributed by atoms with E-state index in [1.807, 2.05) is 24.3 Å². The van der Waals surface area contributed by atoms with Crippen LogP contribution >= 0.6 is 23.4 Å². The molecular formula is C25H21ClFN3O3S. The third-order valence-corrected chi connectivity index (χ3v) is 6.55. The molecule has 1 aromatic heterocycles. The van der Waals surface area contributed by atoms with Crippen molar-refractivity contribution in [3.63, 3.8) is 0 Å². The number of amides is 1. The molecule has 0 saturated heterocycles. The number of thioether (sulfide) groups is 1. The molecule has 0 bridgehead atoms. The summed E-state index contributed by atoms with van der Waals surface area (Å²) in [6, 6.07) is 18.4. The van der Waals surface area contributed by atoms with Crippen LogP contribution in [0.3, 0.4) is 0 Å². The van der Waals surface area contributed by atoms with Crippen molar-refractivity contribution < 1.29 is 13.9 Å². The molecule has 1 heterocycles. The maximum absolute atomic E-state index is 13.8. The van der Waals surface area contributed by atoms with Gasteiger partial charge in [-0.2, -0.15) is 0 Å². The van der Waals surface area contributed by atoms with E-state index in [-0.39, 0.29) is 16.5 Å². The second-order valence-corrected chi connectivity index (χ2v) is 9.16. The number of fused-ring (bicyclic) bond motifs is 1. The lowest BCUT2D eigenvalue weighted by Gasteiger charge is -2.17. The molecule has 0 aliphatic carbocycles. The van der Waals surface area contributed by atoms with Crippen LogP contribution in [0.25, 0.3) is 16.6 Å². The fourth-order valence-electron chi connectivity index (χ4n) is 3.43. The fraction of sp³-hybridized carbons (Fsp3) is 0.160. The van der Waals surface area contributed by atoms with E-state index in [0.29, 0.717) is 34.0 Å². The van der Waals surface area contributed by atoms with E-state index in [2.05, 4.69) is 10.3 Å². The summed E-state index contributed by atoms with van der Waals surface area (Å²) in [5.41, 5.74) is 1.37. The third-order valence-electron chi connectivity index (χ3n) is 5.20. The van der Waals surface area contributed by atoms with E-state index >= 15 is 0 Å². The summed E-state index contributed by atoms with van der Waals surface area (Å²) in [6.07, 6.45) is 0. The molecule has 1 unspecified atom stereocenters. The first kappa shape index (κ1) is 23.8. The fourth-order valence-corrected chi connectivity index (χ4v) is 4.56. The van der Waals surface area contributed by atoms with Crippen LogP contribution in [-0.2, 0) is 11.3 Å². The first-order valence-electron chi connectivity index (χ1n) is 10.4. The Labute approximate surface area is 204 Å². The zero-order chi connectivity index (χ0) is 24.2. The predicted molar refractivity (Wildman–Crippen MR) is 132 cm³/mol. The largest absolute Gasteiger partial charge is 0.496 e. The average molecular weight is 498 g/mol. The number of rotatable bonds is 7. The summed E-state index contributed by atoms with van der Waals surface area (Å²) >= 11 is 7.10. The van der Waals surface area contributed by atoms with Gasteiger partial charge in [0.2, 0.25) is 5.91 Å². The molecule has 0 saturated carbocycles. The number of aromatic nitrogens is 2. The average Bonchev–Trinajstić information content (AvgIpc) is 2.84. The van der Waals surface area contributed by atoms with Gasteiger partial charge in [-0.05, 0) is 43.3 Å². The first-order valence-corrected chi connectivity index (χ1v) is 11.7. The van der Waals surface area contributed by atoms with E-state index in [0.717, 1.165) is 17.3 Å². The summed E-state index contributed by atoms with van der Waals surface area (Å²) in [7, 11) is 1.57. The molecule has 9 heteroatoms. The highest BCUT2D eigenvalue weighted by Crippen LogP contribution is 2.27. The van der Waals surface area contributed by atoms with Crippen LogP contribution in [0, 0.1) is 5.82 Å².